The summed E-state index contributed by atoms with van der Waals surface area (Å²) in [6.07, 6.45) is 0.163. The zero-order chi connectivity index (χ0) is 18.5. The van der Waals surface area contributed by atoms with Crippen molar-refractivity contribution in [2.24, 2.45) is 0 Å². The maximum Gasteiger partial charge on any atom is 0.288 e. The van der Waals surface area contributed by atoms with Gasteiger partial charge in [-0.1, -0.05) is 41.6 Å². The average molecular weight is 390 g/mol. The predicted molar refractivity (Wildman–Crippen MR) is 103 cm³/mol. The van der Waals surface area contributed by atoms with Crippen LogP contribution in [0.1, 0.15) is 11.3 Å². The van der Waals surface area contributed by atoms with Crippen LogP contribution in [0.15, 0.2) is 58.8 Å². The molecular weight excluding hydrogens is 374 g/mol. The van der Waals surface area contributed by atoms with Crippen LogP contribution in [-0.4, -0.2) is 16.6 Å². The molecule has 1 N–H and O–H groups in total. The lowest BCUT2D eigenvalue weighted by Crippen LogP contribution is -2.14. The molecule has 0 aliphatic heterocycles. The number of hydrogen-bond acceptors (Lipinski definition) is 4. The van der Waals surface area contributed by atoms with Crippen LogP contribution in [0.25, 0.3) is 10.6 Å². The first kappa shape index (κ1) is 18.5. The van der Waals surface area contributed by atoms with Crippen LogP contribution in [0.3, 0.4) is 0 Å². The molecule has 1 amide bonds. The summed E-state index contributed by atoms with van der Waals surface area (Å²) in [5.74, 6) is -2.65. The summed E-state index contributed by atoms with van der Waals surface area (Å²) < 4.78 is 24.6. The van der Waals surface area contributed by atoms with Gasteiger partial charge >= 0.3 is 0 Å². The molecule has 0 atom stereocenters. The number of amides is 1. The van der Waals surface area contributed by atoms with Gasteiger partial charge in [-0.15, -0.1) is 11.3 Å². The first-order chi connectivity index (χ1) is 12.5. The number of thioether (sulfide) groups is 1. The summed E-state index contributed by atoms with van der Waals surface area (Å²) in [5.41, 5.74) is 3.48. The van der Waals surface area contributed by atoms with Crippen LogP contribution in [0, 0.1) is 6.92 Å². The van der Waals surface area contributed by atoms with Crippen LogP contribution in [0.2, 0.25) is 0 Å². The number of aromatic nitrogens is 1. The second-order valence-electron chi connectivity index (χ2n) is 5.64. The molecule has 26 heavy (non-hydrogen) atoms. The molecule has 3 nitrogen and oxygen atoms in total. The number of carbonyl (C=O) groups is 1. The number of hydrogen-bond donors (Lipinski definition) is 1. The molecule has 0 aliphatic carbocycles. The van der Waals surface area contributed by atoms with Gasteiger partial charge in [0.15, 0.2) is 0 Å². The van der Waals surface area contributed by atoms with E-state index in [9.17, 15) is 13.6 Å². The van der Waals surface area contributed by atoms with Crippen LogP contribution in [0.5, 0.6) is 0 Å². The molecular formula is C19H16F2N2OS2. The summed E-state index contributed by atoms with van der Waals surface area (Å²) in [5, 5.41) is 5.50. The fourth-order valence-electron chi connectivity index (χ4n) is 2.31. The Morgan fingerprint density at radius 2 is 1.85 bits per heavy atom. The number of carbonyl (C=O) groups excluding carboxylic acids is 1. The SMILES string of the molecule is Cc1ccc(-c2nc(CC(=O)Nc3ccc(SC(F)F)cc3)cs2)cc1. The summed E-state index contributed by atoms with van der Waals surface area (Å²) in [7, 11) is 0. The highest BCUT2D eigenvalue weighted by Crippen LogP contribution is 2.27. The largest absolute Gasteiger partial charge is 0.326 e. The molecule has 3 aromatic rings. The maximum atomic E-state index is 12.3. The normalized spacial score (nSPS) is 10.9. The van der Waals surface area contributed by atoms with Crippen molar-refractivity contribution in [1.29, 1.82) is 0 Å². The number of rotatable bonds is 6. The molecule has 0 bridgehead atoms. The summed E-state index contributed by atoms with van der Waals surface area (Å²) in [4.78, 5) is 17.1. The molecule has 0 saturated heterocycles. The quantitative estimate of drug-likeness (QED) is 0.556. The molecule has 1 heterocycles. The third-order valence-corrected chi connectivity index (χ3v) is 5.22. The zero-order valence-corrected chi connectivity index (χ0v) is 15.5. The van der Waals surface area contributed by atoms with Gasteiger partial charge in [0.1, 0.15) is 5.01 Å². The second-order valence-corrected chi connectivity index (χ2v) is 7.56. The van der Waals surface area contributed by atoms with Gasteiger partial charge in [0.2, 0.25) is 5.91 Å². The van der Waals surface area contributed by atoms with E-state index in [4.69, 9.17) is 0 Å². The monoisotopic (exact) mass is 390 g/mol. The number of aryl methyl sites for hydroxylation is 1. The smallest absolute Gasteiger partial charge is 0.288 e. The number of thiazole rings is 1. The Morgan fingerprint density at radius 3 is 2.50 bits per heavy atom. The topological polar surface area (TPSA) is 42.0 Å². The van der Waals surface area contributed by atoms with E-state index >= 15 is 0 Å². The van der Waals surface area contributed by atoms with Crippen molar-refractivity contribution >= 4 is 34.7 Å². The van der Waals surface area contributed by atoms with Gasteiger partial charge < -0.3 is 5.32 Å². The van der Waals surface area contributed by atoms with Crippen LogP contribution in [0.4, 0.5) is 14.5 Å². The third kappa shape index (κ3) is 5.12. The first-order valence-electron chi connectivity index (χ1n) is 7.86. The van der Waals surface area contributed by atoms with Crippen molar-refractivity contribution in [2.75, 3.05) is 5.32 Å². The van der Waals surface area contributed by atoms with E-state index in [0.717, 1.165) is 10.6 Å². The third-order valence-electron chi connectivity index (χ3n) is 3.56. The van der Waals surface area contributed by atoms with Crippen LogP contribution in [-0.2, 0) is 11.2 Å². The van der Waals surface area contributed by atoms with Crippen LogP contribution >= 0.6 is 23.1 Å². The Hall–Kier alpha value is -2.25. The molecule has 0 unspecified atom stereocenters. The van der Waals surface area contributed by atoms with E-state index in [1.54, 1.807) is 24.3 Å². The van der Waals surface area contributed by atoms with Crippen molar-refractivity contribution < 1.29 is 13.6 Å². The van der Waals surface area contributed by atoms with Crippen molar-refractivity contribution in [3.05, 3.63) is 65.2 Å². The lowest BCUT2D eigenvalue weighted by Gasteiger charge is -2.05. The summed E-state index contributed by atoms with van der Waals surface area (Å²) in [6.45, 7) is 2.03. The second kappa shape index (κ2) is 8.42. The highest BCUT2D eigenvalue weighted by atomic mass is 32.2. The van der Waals surface area contributed by atoms with Gasteiger partial charge in [0.05, 0.1) is 12.1 Å². The Balaban J connectivity index is 1.59. The Bertz CT molecular complexity index is 877. The van der Waals surface area contributed by atoms with Gasteiger partial charge in [-0.05, 0) is 31.2 Å². The van der Waals surface area contributed by atoms with Crippen molar-refractivity contribution in [2.45, 2.75) is 24.0 Å². The fraction of sp³-hybridized carbons (Fsp3) is 0.158. The van der Waals surface area contributed by atoms with E-state index in [-0.39, 0.29) is 12.3 Å². The summed E-state index contributed by atoms with van der Waals surface area (Å²) in [6, 6.07) is 14.4. The van der Waals surface area contributed by atoms with Gasteiger partial charge in [0, 0.05) is 21.5 Å². The lowest BCUT2D eigenvalue weighted by atomic mass is 10.2. The van der Waals surface area contributed by atoms with Gasteiger partial charge in [-0.25, -0.2) is 4.98 Å². The number of benzene rings is 2. The van der Waals surface area contributed by atoms with E-state index < -0.39 is 5.76 Å². The van der Waals surface area contributed by atoms with E-state index in [2.05, 4.69) is 10.3 Å². The van der Waals surface area contributed by atoms with Crippen molar-refractivity contribution in [3.63, 3.8) is 0 Å². The molecule has 1 aromatic heterocycles. The minimum absolute atomic E-state index is 0.163. The zero-order valence-electron chi connectivity index (χ0n) is 13.9. The molecule has 0 spiro atoms. The number of nitrogens with zero attached hydrogens (tertiary/aromatic N) is 1. The molecule has 2 aromatic carbocycles. The minimum Gasteiger partial charge on any atom is -0.326 e. The predicted octanol–water partition coefficient (Wildman–Crippen LogP) is 5.61. The minimum atomic E-state index is -2.46. The number of anilines is 1. The van der Waals surface area contributed by atoms with Crippen LogP contribution < -0.4 is 5.32 Å². The summed E-state index contributed by atoms with van der Waals surface area (Å²) >= 11 is 1.97. The lowest BCUT2D eigenvalue weighted by molar-refractivity contribution is -0.115. The van der Waals surface area contributed by atoms with Crippen molar-refractivity contribution in [1.82, 2.24) is 4.98 Å². The van der Waals surface area contributed by atoms with E-state index in [0.29, 0.717) is 28.0 Å². The molecule has 0 saturated carbocycles. The van der Waals surface area contributed by atoms with Gasteiger partial charge in [-0.2, -0.15) is 8.78 Å². The molecule has 0 aliphatic rings. The molecule has 0 fully saturated rings. The van der Waals surface area contributed by atoms with E-state index in [1.807, 2.05) is 36.6 Å². The highest BCUT2D eigenvalue weighted by molar-refractivity contribution is 7.99. The molecule has 3 rings (SSSR count). The molecule has 134 valence electrons. The Kier molecular flexibility index (Phi) is 6.00. The maximum absolute atomic E-state index is 12.3. The molecule has 7 heteroatoms. The van der Waals surface area contributed by atoms with Gasteiger partial charge in [0.25, 0.3) is 5.76 Å². The highest BCUT2D eigenvalue weighted by Gasteiger charge is 2.10. The number of alkyl halides is 2. The standard InChI is InChI=1S/C19H16F2N2OS2/c1-12-2-4-13(5-3-12)18-23-15(11-25-18)10-17(24)22-14-6-8-16(9-7-14)26-19(20)21/h2-9,11,19H,10H2,1H3,(H,22,24). The first-order valence-corrected chi connectivity index (χ1v) is 9.62. The van der Waals surface area contributed by atoms with Gasteiger partial charge in [-0.3, -0.25) is 4.79 Å². The molecule has 0 radical (unpaired) electrons. The Morgan fingerprint density at radius 1 is 1.15 bits per heavy atom. The van der Waals surface area contributed by atoms with Crippen molar-refractivity contribution in [3.8, 4) is 10.6 Å². The number of nitrogens with one attached hydrogen (secondary N) is 1. The Labute approximate surface area is 158 Å². The fourth-order valence-corrected chi connectivity index (χ4v) is 3.63. The number of halogens is 2. The average Bonchev–Trinajstić information content (AvgIpc) is 3.05. The van der Waals surface area contributed by atoms with E-state index in [1.165, 1.54) is 16.9 Å².